The van der Waals surface area contributed by atoms with Gasteiger partial charge in [0.05, 0.1) is 14.4 Å². The first kappa shape index (κ1) is 15.0. The summed E-state index contributed by atoms with van der Waals surface area (Å²) in [6, 6.07) is 7.93. The van der Waals surface area contributed by atoms with Crippen LogP contribution in [0.1, 0.15) is 15.2 Å². The average molecular weight is 376 g/mol. The maximum Gasteiger partial charge on any atom is 0.348 e. The standard InChI is InChI=1S/C12H10BrNO4S2/c1-7-4-2-3-5-9(7)20(17,18)14-8-6-10(13)19-11(8)12(15)16/h2-6,14H,1H3,(H,15,16). The zero-order chi connectivity index (χ0) is 14.9. The fourth-order valence-corrected chi connectivity index (χ4v) is 4.42. The molecule has 0 bridgehead atoms. The number of carboxylic acids is 1. The van der Waals surface area contributed by atoms with Gasteiger partial charge >= 0.3 is 5.97 Å². The summed E-state index contributed by atoms with van der Waals surface area (Å²) in [5.74, 6) is -1.18. The third-order valence-electron chi connectivity index (χ3n) is 2.52. The zero-order valence-electron chi connectivity index (χ0n) is 10.3. The second kappa shape index (κ2) is 5.55. The number of carbonyl (C=O) groups is 1. The van der Waals surface area contributed by atoms with Crippen LogP contribution in [0.15, 0.2) is 39.0 Å². The zero-order valence-corrected chi connectivity index (χ0v) is 13.5. The molecule has 5 nitrogen and oxygen atoms in total. The van der Waals surface area contributed by atoms with Crippen LogP contribution in [0.2, 0.25) is 0 Å². The molecule has 0 amide bonds. The maximum absolute atomic E-state index is 12.3. The van der Waals surface area contributed by atoms with Crippen LogP contribution < -0.4 is 4.72 Å². The van der Waals surface area contributed by atoms with Crippen LogP contribution in [0.5, 0.6) is 0 Å². The van der Waals surface area contributed by atoms with Gasteiger partial charge in [-0.05, 0) is 40.5 Å². The van der Waals surface area contributed by atoms with Crippen LogP contribution >= 0.6 is 27.3 Å². The number of aromatic carboxylic acids is 1. The predicted octanol–water partition coefficient (Wildman–Crippen LogP) is 3.32. The number of aryl methyl sites for hydroxylation is 1. The van der Waals surface area contributed by atoms with E-state index in [0.29, 0.717) is 9.35 Å². The Balaban J connectivity index is 2.44. The summed E-state index contributed by atoms with van der Waals surface area (Å²) in [6.45, 7) is 1.68. The molecular weight excluding hydrogens is 366 g/mol. The van der Waals surface area contributed by atoms with Crippen LogP contribution in [-0.2, 0) is 10.0 Å². The van der Waals surface area contributed by atoms with Crippen LogP contribution in [0.4, 0.5) is 5.69 Å². The van der Waals surface area contributed by atoms with E-state index in [0.717, 1.165) is 11.3 Å². The van der Waals surface area contributed by atoms with E-state index in [4.69, 9.17) is 5.11 Å². The first-order chi connectivity index (χ1) is 9.31. The second-order valence-corrected chi connectivity index (χ2v) is 8.05. The average Bonchev–Trinajstić information content (AvgIpc) is 2.70. The molecule has 0 spiro atoms. The van der Waals surface area contributed by atoms with Gasteiger partial charge < -0.3 is 5.11 Å². The Bertz CT molecular complexity index is 768. The van der Waals surface area contributed by atoms with Crippen molar-refractivity contribution in [2.45, 2.75) is 11.8 Å². The highest BCUT2D eigenvalue weighted by Crippen LogP contribution is 2.33. The Morgan fingerprint density at radius 2 is 2.00 bits per heavy atom. The number of nitrogens with one attached hydrogen (secondary N) is 1. The van der Waals surface area contributed by atoms with E-state index in [2.05, 4.69) is 20.7 Å². The second-order valence-electron chi connectivity index (χ2n) is 3.97. The van der Waals surface area contributed by atoms with E-state index in [1.165, 1.54) is 12.1 Å². The SMILES string of the molecule is Cc1ccccc1S(=O)(=O)Nc1cc(Br)sc1C(=O)O. The quantitative estimate of drug-likeness (QED) is 0.858. The van der Waals surface area contributed by atoms with Gasteiger partial charge in [-0.3, -0.25) is 4.72 Å². The number of sulfonamides is 1. The summed E-state index contributed by atoms with van der Waals surface area (Å²) in [4.78, 5) is 11.1. The number of thiophene rings is 1. The molecule has 0 atom stereocenters. The predicted molar refractivity (Wildman–Crippen MR) is 81.0 cm³/mol. The van der Waals surface area contributed by atoms with Crippen LogP contribution in [-0.4, -0.2) is 19.5 Å². The van der Waals surface area contributed by atoms with Gasteiger partial charge in [0.15, 0.2) is 0 Å². The molecule has 2 aromatic rings. The van der Waals surface area contributed by atoms with Crippen molar-refractivity contribution in [3.63, 3.8) is 0 Å². The number of anilines is 1. The van der Waals surface area contributed by atoms with Crippen molar-refractivity contribution in [3.05, 3.63) is 44.6 Å². The minimum Gasteiger partial charge on any atom is -0.477 e. The Morgan fingerprint density at radius 1 is 1.35 bits per heavy atom. The van der Waals surface area contributed by atoms with Crippen molar-refractivity contribution in [2.75, 3.05) is 4.72 Å². The molecule has 1 aromatic heterocycles. The molecule has 20 heavy (non-hydrogen) atoms. The molecule has 0 radical (unpaired) electrons. The molecule has 0 saturated heterocycles. The van der Waals surface area contributed by atoms with Crippen molar-refractivity contribution in [3.8, 4) is 0 Å². The Morgan fingerprint density at radius 3 is 2.60 bits per heavy atom. The normalized spacial score (nSPS) is 11.3. The molecule has 1 aromatic carbocycles. The molecule has 0 saturated carbocycles. The van der Waals surface area contributed by atoms with Gasteiger partial charge in [-0.2, -0.15) is 0 Å². The molecule has 2 rings (SSSR count). The molecule has 2 N–H and O–H groups in total. The summed E-state index contributed by atoms with van der Waals surface area (Å²) in [5, 5.41) is 9.06. The molecule has 0 aliphatic carbocycles. The topological polar surface area (TPSA) is 83.5 Å². The fraction of sp³-hybridized carbons (Fsp3) is 0.0833. The lowest BCUT2D eigenvalue weighted by Gasteiger charge is -2.09. The molecule has 0 unspecified atom stereocenters. The molecule has 1 heterocycles. The number of halogens is 1. The van der Waals surface area contributed by atoms with Gasteiger partial charge in [-0.1, -0.05) is 18.2 Å². The highest BCUT2D eigenvalue weighted by molar-refractivity contribution is 9.11. The highest BCUT2D eigenvalue weighted by atomic mass is 79.9. The third-order valence-corrected chi connectivity index (χ3v) is 5.68. The monoisotopic (exact) mass is 375 g/mol. The molecule has 8 heteroatoms. The molecule has 0 aliphatic heterocycles. The van der Waals surface area contributed by atoms with E-state index in [1.54, 1.807) is 25.1 Å². The van der Waals surface area contributed by atoms with Crippen molar-refractivity contribution in [2.24, 2.45) is 0 Å². The minimum absolute atomic E-state index is 0.0534. The van der Waals surface area contributed by atoms with Gasteiger partial charge in [0.2, 0.25) is 0 Å². The molecule has 0 aliphatic rings. The summed E-state index contributed by atoms with van der Waals surface area (Å²) in [6.07, 6.45) is 0. The number of benzene rings is 1. The third kappa shape index (κ3) is 3.02. The number of rotatable bonds is 4. The number of hydrogen-bond donors (Lipinski definition) is 2. The Hall–Kier alpha value is -1.38. The molecular formula is C12H10BrNO4S2. The van der Waals surface area contributed by atoms with Crippen LogP contribution in [0, 0.1) is 6.92 Å². The highest BCUT2D eigenvalue weighted by Gasteiger charge is 2.22. The van der Waals surface area contributed by atoms with E-state index in [9.17, 15) is 13.2 Å². The van der Waals surface area contributed by atoms with Crippen LogP contribution in [0.25, 0.3) is 0 Å². The lowest BCUT2D eigenvalue weighted by molar-refractivity contribution is 0.0703. The smallest absolute Gasteiger partial charge is 0.348 e. The van der Waals surface area contributed by atoms with E-state index < -0.39 is 16.0 Å². The minimum atomic E-state index is -3.81. The van der Waals surface area contributed by atoms with Gasteiger partial charge in [-0.15, -0.1) is 11.3 Å². The lowest BCUT2D eigenvalue weighted by atomic mass is 10.2. The van der Waals surface area contributed by atoms with Gasteiger partial charge in [0.25, 0.3) is 10.0 Å². The van der Waals surface area contributed by atoms with E-state index in [-0.39, 0.29) is 15.5 Å². The first-order valence-corrected chi connectivity index (χ1v) is 8.51. The van der Waals surface area contributed by atoms with Crippen molar-refractivity contribution < 1.29 is 18.3 Å². The van der Waals surface area contributed by atoms with Crippen molar-refractivity contribution in [1.29, 1.82) is 0 Å². The Kier molecular flexibility index (Phi) is 4.17. The summed E-state index contributed by atoms with van der Waals surface area (Å²) >= 11 is 4.10. The summed E-state index contributed by atoms with van der Waals surface area (Å²) in [7, 11) is -3.81. The van der Waals surface area contributed by atoms with Gasteiger partial charge in [0, 0.05) is 0 Å². The maximum atomic E-state index is 12.3. The molecule has 106 valence electrons. The van der Waals surface area contributed by atoms with Crippen LogP contribution in [0.3, 0.4) is 0 Å². The number of hydrogen-bond acceptors (Lipinski definition) is 4. The van der Waals surface area contributed by atoms with E-state index in [1.807, 2.05) is 0 Å². The number of carboxylic acid groups (broad SMARTS) is 1. The summed E-state index contributed by atoms with van der Waals surface area (Å²) in [5.41, 5.74) is 0.642. The van der Waals surface area contributed by atoms with Gasteiger partial charge in [-0.25, -0.2) is 13.2 Å². The molecule has 0 fully saturated rings. The first-order valence-electron chi connectivity index (χ1n) is 5.42. The summed E-state index contributed by atoms with van der Waals surface area (Å²) < 4.78 is 27.4. The van der Waals surface area contributed by atoms with Crippen molar-refractivity contribution >= 4 is 48.9 Å². The van der Waals surface area contributed by atoms with Gasteiger partial charge in [0.1, 0.15) is 4.88 Å². The fourth-order valence-electron chi connectivity index (χ4n) is 1.65. The van der Waals surface area contributed by atoms with Crippen molar-refractivity contribution in [1.82, 2.24) is 0 Å². The lowest BCUT2D eigenvalue weighted by Crippen LogP contribution is -2.15. The largest absolute Gasteiger partial charge is 0.477 e. The Labute approximate surface area is 128 Å². The van der Waals surface area contributed by atoms with E-state index >= 15 is 0 Å².